The van der Waals surface area contributed by atoms with Gasteiger partial charge in [0.15, 0.2) is 0 Å². The van der Waals surface area contributed by atoms with Gasteiger partial charge in [-0.25, -0.2) is 0 Å². The van der Waals surface area contributed by atoms with E-state index in [1.54, 1.807) is 12.3 Å². The maximum atomic E-state index is 7.50. The fraction of sp³-hybridized carbons (Fsp3) is 0.917. The van der Waals surface area contributed by atoms with Crippen molar-refractivity contribution >= 4 is 29.3 Å². The second kappa shape index (κ2) is 18.9. The SMILES string of the molecule is CC(C)(C)C[PH+](CC[PH+](CC(C)(C)C)CC(C)(C)C)CC(C)(C)C.[Br][Re].[C-]#[O+].[C-]#[O+]. The Morgan fingerprint density at radius 1 is 0.500 bits per heavy atom. The van der Waals surface area contributed by atoms with Crippen LogP contribution in [-0.4, -0.2) is 37.0 Å². The third-order valence-corrected chi connectivity index (χ3v) is 12.6. The molecule has 0 bridgehead atoms. The van der Waals surface area contributed by atoms with Crippen LogP contribution in [0.1, 0.15) is 83.1 Å². The molecule has 180 valence electrons. The van der Waals surface area contributed by atoms with E-state index in [0.29, 0.717) is 21.7 Å². The Hall–Kier alpha value is 1.48. The molecule has 0 aromatic heterocycles. The molecule has 0 heterocycles. The fourth-order valence-corrected chi connectivity index (χ4v) is 13.6. The summed E-state index contributed by atoms with van der Waals surface area (Å²) in [6.07, 6.45) is 9.04. The molecule has 2 nitrogen and oxygen atoms in total. The van der Waals surface area contributed by atoms with Gasteiger partial charge in [0, 0.05) is 15.8 Å². The average molecular weight is 699 g/mol. The molecule has 0 rings (SSSR count). The average Bonchev–Trinajstić information content (AvgIpc) is 2.52. The van der Waals surface area contributed by atoms with Crippen LogP contribution in [0.3, 0.4) is 0 Å². The van der Waals surface area contributed by atoms with Crippen LogP contribution in [0.15, 0.2) is 0 Å². The Labute approximate surface area is 209 Å². The molecule has 0 radical (unpaired) electrons. The van der Waals surface area contributed by atoms with E-state index in [1.165, 1.54) is 41.8 Å². The first-order valence-corrected chi connectivity index (χ1v) is 20.8. The van der Waals surface area contributed by atoms with E-state index >= 15 is 0 Å². The molecule has 0 aromatic carbocycles. The van der Waals surface area contributed by atoms with E-state index in [4.69, 9.17) is 9.30 Å². The molecule has 0 spiro atoms. The van der Waals surface area contributed by atoms with Gasteiger partial charge in [-0.15, -0.1) is 0 Å². The number of halogens is 1. The van der Waals surface area contributed by atoms with Gasteiger partial charge in [-0.1, -0.05) is 83.1 Å². The van der Waals surface area contributed by atoms with Crippen LogP contribution in [0.25, 0.3) is 0 Å². The first-order chi connectivity index (χ1) is 13.4. The second-order valence-electron chi connectivity index (χ2n) is 12.9. The molecule has 0 atom stereocenters. The molecular weight excluding hydrogens is 648 g/mol. The van der Waals surface area contributed by atoms with E-state index in [-0.39, 0.29) is 15.8 Å². The fourth-order valence-electron chi connectivity index (χ4n) is 3.83. The van der Waals surface area contributed by atoms with Gasteiger partial charge in [0.25, 0.3) is 0 Å². The Balaban J connectivity index is -0.000000512. The standard InChI is InChI=1S/C22H48P2.2CO.BrH.Re/c1-19(2,3)15-23(16-20(4,5)6)13-14-24(17-21(7,8)9)18-22(10,11)12;2*1-2;;/h13-18H2,1-12H3;;;1H;/q;;;;+1/p+1. The Bertz CT molecular complexity index is 365. The molecule has 6 heteroatoms. The van der Waals surface area contributed by atoms with Crippen LogP contribution in [0, 0.1) is 35.0 Å². The van der Waals surface area contributed by atoms with Crippen molar-refractivity contribution in [2.75, 3.05) is 37.0 Å². The number of hydrogen-bond donors (Lipinski definition) is 0. The summed E-state index contributed by atoms with van der Waals surface area (Å²) in [5.74, 6) is 0. The number of hydrogen-bond acceptors (Lipinski definition) is 0. The van der Waals surface area contributed by atoms with Gasteiger partial charge in [0.2, 0.25) is 0 Å². The third-order valence-electron chi connectivity index (χ3n) is 3.95. The zero-order chi connectivity index (χ0) is 25.4. The summed E-state index contributed by atoms with van der Waals surface area (Å²) in [4.78, 5) is 0. The van der Waals surface area contributed by atoms with Crippen molar-refractivity contribution in [3.8, 4) is 0 Å². The van der Waals surface area contributed by atoms with E-state index in [2.05, 4.69) is 110 Å². The van der Waals surface area contributed by atoms with Crippen LogP contribution in [0.2, 0.25) is 0 Å². The zero-order valence-electron chi connectivity index (χ0n) is 21.8. The van der Waals surface area contributed by atoms with Crippen molar-refractivity contribution in [2.24, 2.45) is 21.7 Å². The van der Waals surface area contributed by atoms with E-state index in [0.717, 1.165) is 0 Å². The summed E-state index contributed by atoms with van der Waals surface area (Å²) < 4.78 is 15.0. The van der Waals surface area contributed by atoms with Crippen molar-refractivity contribution in [1.82, 2.24) is 0 Å². The first kappa shape index (κ1) is 38.7. The summed E-state index contributed by atoms with van der Waals surface area (Å²) >= 11 is 4.53. The number of rotatable bonds is 7. The maximum absolute atomic E-state index is 7.50. The third kappa shape index (κ3) is 34.1. The van der Waals surface area contributed by atoms with Crippen LogP contribution in [-0.2, 0) is 26.5 Å². The second-order valence-corrected chi connectivity index (χ2v) is 18.4. The van der Waals surface area contributed by atoms with Crippen molar-refractivity contribution in [3.05, 3.63) is 13.3 Å². The topological polar surface area (TPSA) is 39.8 Å². The quantitative estimate of drug-likeness (QED) is 0.146. The van der Waals surface area contributed by atoms with Gasteiger partial charge in [-0.2, -0.15) is 0 Å². The van der Waals surface area contributed by atoms with Crippen molar-refractivity contribution < 1.29 is 26.5 Å². The summed E-state index contributed by atoms with van der Waals surface area (Å²) in [5, 5.41) is 0. The molecular formula is C24H50BrO2P2Re+2. The van der Waals surface area contributed by atoms with Gasteiger partial charge in [-0.3, -0.25) is 0 Å². The molecule has 0 aromatic rings. The molecule has 0 aliphatic rings. The first-order valence-electron chi connectivity index (χ1n) is 10.6. The molecule has 0 unspecified atom stereocenters. The molecule has 30 heavy (non-hydrogen) atoms. The molecule has 0 N–H and O–H groups in total. The normalized spacial score (nSPS) is 12.1. The van der Waals surface area contributed by atoms with Gasteiger partial charge < -0.3 is 0 Å². The predicted octanol–water partition coefficient (Wildman–Crippen LogP) is 8.37. The van der Waals surface area contributed by atoms with Crippen LogP contribution >= 0.6 is 29.3 Å². The predicted molar refractivity (Wildman–Crippen MR) is 140 cm³/mol. The molecule has 0 aliphatic heterocycles. The summed E-state index contributed by atoms with van der Waals surface area (Å²) in [6.45, 7) is 38.3. The Morgan fingerprint density at radius 3 is 0.733 bits per heavy atom. The molecule has 0 saturated carbocycles. The minimum absolute atomic E-state index is 0.239. The zero-order valence-corrected chi connectivity index (χ0v) is 28.1. The Kier molecular flexibility index (Phi) is 24.3. The monoisotopic (exact) mass is 698 g/mol. The van der Waals surface area contributed by atoms with Gasteiger partial charge in [-0.05, 0) is 21.7 Å². The van der Waals surface area contributed by atoms with Gasteiger partial charge in [0.05, 0.1) is 37.0 Å². The van der Waals surface area contributed by atoms with Crippen LogP contribution < -0.4 is 0 Å². The van der Waals surface area contributed by atoms with Gasteiger partial charge >= 0.3 is 53.2 Å². The summed E-state index contributed by atoms with van der Waals surface area (Å²) in [6, 6.07) is 0. The van der Waals surface area contributed by atoms with Crippen LogP contribution in [0.5, 0.6) is 0 Å². The van der Waals surface area contributed by atoms with Crippen LogP contribution in [0.4, 0.5) is 0 Å². The summed E-state index contributed by atoms with van der Waals surface area (Å²) in [5.41, 5.74) is 2.00. The van der Waals surface area contributed by atoms with Crippen molar-refractivity contribution in [1.29, 1.82) is 0 Å². The van der Waals surface area contributed by atoms with Crippen molar-refractivity contribution in [3.63, 3.8) is 0 Å². The van der Waals surface area contributed by atoms with E-state index in [9.17, 15) is 0 Å². The molecule has 0 amide bonds. The van der Waals surface area contributed by atoms with Gasteiger partial charge in [0.1, 0.15) is 0 Å². The van der Waals surface area contributed by atoms with E-state index in [1.807, 2.05) is 0 Å². The summed E-state index contributed by atoms with van der Waals surface area (Å²) in [7, 11) is -0.477. The molecule has 0 fully saturated rings. The van der Waals surface area contributed by atoms with Crippen molar-refractivity contribution in [2.45, 2.75) is 83.1 Å². The molecule has 0 saturated heterocycles. The molecule has 0 aliphatic carbocycles. The Morgan fingerprint density at radius 2 is 0.633 bits per heavy atom. The van der Waals surface area contributed by atoms with E-state index < -0.39 is 0 Å². The minimum atomic E-state index is -0.239.